The summed E-state index contributed by atoms with van der Waals surface area (Å²) in [6, 6.07) is 0. The summed E-state index contributed by atoms with van der Waals surface area (Å²) in [5.74, 6) is 1.88. The molecular formula is C19H29BrO3. The van der Waals surface area contributed by atoms with Crippen LogP contribution in [0.2, 0.25) is 0 Å². The Morgan fingerprint density at radius 3 is 2.52 bits per heavy atom. The average molecular weight is 385 g/mol. The Labute approximate surface area is 147 Å². The predicted molar refractivity (Wildman–Crippen MR) is 92.2 cm³/mol. The summed E-state index contributed by atoms with van der Waals surface area (Å²) >= 11 is 3.59. The highest BCUT2D eigenvalue weighted by molar-refractivity contribution is 9.10. The van der Waals surface area contributed by atoms with E-state index in [1.807, 2.05) is 0 Å². The van der Waals surface area contributed by atoms with E-state index in [-0.39, 0.29) is 33.8 Å². The molecule has 4 fully saturated rings. The van der Waals surface area contributed by atoms with Gasteiger partial charge in [0, 0.05) is 5.41 Å². The molecule has 23 heavy (non-hydrogen) atoms. The van der Waals surface area contributed by atoms with E-state index in [1.54, 1.807) is 0 Å². The number of hydrogen-bond acceptors (Lipinski definition) is 3. The fraction of sp³-hybridized carbons (Fsp3) is 0.947. The minimum absolute atomic E-state index is 0.0258. The summed E-state index contributed by atoms with van der Waals surface area (Å²) in [6.45, 7) is 4.54. The molecule has 3 unspecified atom stereocenters. The van der Waals surface area contributed by atoms with Gasteiger partial charge in [0.05, 0.1) is 17.0 Å². The van der Waals surface area contributed by atoms with E-state index in [1.165, 1.54) is 0 Å². The minimum atomic E-state index is -0.307. The third-order valence-electron chi connectivity index (χ3n) is 8.35. The summed E-state index contributed by atoms with van der Waals surface area (Å²) < 4.78 is 0. The van der Waals surface area contributed by atoms with Gasteiger partial charge in [-0.15, -0.1) is 0 Å². The number of alkyl halides is 1. The molecule has 4 heteroatoms. The maximum absolute atomic E-state index is 12.7. The van der Waals surface area contributed by atoms with Gasteiger partial charge in [-0.05, 0) is 74.0 Å². The van der Waals surface area contributed by atoms with E-state index in [2.05, 4.69) is 29.8 Å². The van der Waals surface area contributed by atoms with Crippen LogP contribution >= 0.6 is 15.9 Å². The minimum Gasteiger partial charge on any atom is -0.393 e. The van der Waals surface area contributed by atoms with Gasteiger partial charge in [-0.2, -0.15) is 0 Å². The number of rotatable bonds is 0. The van der Waals surface area contributed by atoms with Crippen molar-refractivity contribution in [3.05, 3.63) is 0 Å². The Kier molecular flexibility index (Phi) is 3.80. The lowest BCUT2D eigenvalue weighted by Gasteiger charge is -2.61. The third-order valence-corrected chi connectivity index (χ3v) is 9.14. The number of aliphatic hydroxyl groups is 2. The molecule has 0 radical (unpaired) electrons. The molecule has 0 amide bonds. The molecule has 0 aromatic heterocycles. The summed E-state index contributed by atoms with van der Waals surface area (Å²) in [4.78, 5) is 12.7. The van der Waals surface area contributed by atoms with Gasteiger partial charge in [0.2, 0.25) is 0 Å². The molecule has 3 nitrogen and oxygen atoms in total. The third kappa shape index (κ3) is 2.17. The van der Waals surface area contributed by atoms with Crippen molar-refractivity contribution in [2.24, 2.45) is 34.5 Å². The highest BCUT2D eigenvalue weighted by Gasteiger charge is 2.64. The number of carbonyl (C=O) groups is 1. The van der Waals surface area contributed by atoms with Gasteiger partial charge in [0.15, 0.2) is 5.78 Å². The standard InChI is InChI=1S/C19H29BrO3/c1-18-5-3-11(21)7-10(18)8-15(22)16-12(18)4-6-19(2)13(16)9-14(20)17(19)23/h10-16,21-22H,3-9H2,1-2H3/t10-,11-,12?,13?,14+,15-,16?,18-,19-/m0/s1. The molecule has 0 heterocycles. The van der Waals surface area contributed by atoms with Gasteiger partial charge in [-0.3, -0.25) is 4.79 Å². The highest BCUT2D eigenvalue weighted by Crippen LogP contribution is 2.65. The van der Waals surface area contributed by atoms with E-state index < -0.39 is 0 Å². The largest absolute Gasteiger partial charge is 0.393 e. The number of aliphatic hydroxyl groups excluding tert-OH is 2. The molecule has 0 aromatic rings. The SMILES string of the molecule is C[C@]12CCC3C(C1C[C@@H](Br)C2=O)[C@@H](O)C[C@@H]1C[C@@H](O)CC[C@]31C. The van der Waals surface area contributed by atoms with Crippen LogP contribution in [0, 0.1) is 34.5 Å². The van der Waals surface area contributed by atoms with Crippen LogP contribution in [0.1, 0.15) is 58.8 Å². The molecule has 130 valence electrons. The van der Waals surface area contributed by atoms with Gasteiger partial charge in [0.1, 0.15) is 0 Å². The van der Waals surface area contributed by atoms with Crippen molar-refractivity contribution >= 4 is 21.7 Å². The fourth-order valence-electron chi connectivity index (χ4n) is 6.95. The normalized spacial score (nSPS) is 59.2. The van der Waals surface area contributed by atoms with Crippen LogP contribution in [0.25, 0.3) is 0 Å². The molecule has 4 rings (SSSR count). The molecular weight excluding hydrogens is 356 g/mol. The second kappa shape index (κ2) is 5.28. The first-order valence-electron chi connectivity index (χ1n) is 9.32. The first kappa shape index (κ1) is 16.5. The molecule has 4 aliphatic rings. The van der Waals surface area contributed by atoms with Crippen LogP contribution < -0.4 is 0 Å². The van der Waals surface area contributed by atoms with E-state index >= 15 is 0 Å². The van der Waals surface area contributed by atoms with Gasteiger partial charge >= 0.3 is 0 Å². The van der Waals surface area contributed by atoms with Crippen molar-refractivity contribution < 1.29 is 15.0 Å². The Morgan fingerprint density at radius 2 is 1.78 bits per heavy atom. The van der Waals surface area contributed by atoms with Crippen LogP contribution in [0.5, 0.6) is 0 Å². The van der Waals surface area contributed by atoms with Crippen LogP contribution in [0.3, 0.4) is 0 Å². The van der Waals surface area contributed by atoms with E-state index in [9.17, 15) is 15.0 Å². The molecule has 0 aromatic carbocycles. The van der Waals surface area contributed by atoms with E-state index in [4.69, 9.17) is 0 Å². The molecule has 4 aliphatic carbocycles. The molecule has 0 aliphatic heterocycles. The zero-order valence-electron chi connectivity index (χ0n) is 14.2. The Bertz CT molecular complexity index is 523. The lowest BCUT2D eigenvalue weighted by molar-refractivity contribution is -0.171. The second-order valence-corrected chi connectivity index (χ2v) is 10.4. The van der Waals surface area contributed by atoms with Gasteiger partial charge in [0.25, 0.3) is 0 Å². The Hall–Kier alpha value is 0.0700. The average Bonchev–Trinajstić information content (AvgIpc) is 2.73. The number of Topliss-reactive ketones (excluding diaryl/α,β-unsaturated/α-hetero) is 1. The Balaban J connectivity index is 1.69. The van der Waals surface area contributed by atoms with Gasteiger partial charge in [-0.1, -0.05) is 29.8 Å². The summed E-state index contributed by atoms with van der Waals surface area (Å²) in [5.41, 5.74) is -0.00834. The second-order valence-electron chi connectivity index (χ2n) is 9.25. The van der Waals surface area contributed by atoms with Crippen molar-refractivity contribution in [3.63, 3.8) is 0 Å². The number of carbonyl (C=O) groups excluding carboxylic acids is 1. The number of halogens is 1. The summed E-state index contributed by atoms with van der Waals surface area (Å²) in [7, 11) is 0. The molecule has 0 bridgehead atoms. The Morgan fingerprint density at radius 1 is 1.04 bits per heavy atom. The molecule has 9 atom stereocenters. The maximum atomic E-state index is 12.7. The summed E-state index contributed by atoms with van der Waals surface area (Å²) in [6.07, 6.45) is 6.04. The quantitative estimate of drug-likeness (QED) is 0.629. The van der Waals surface area contributed by atoms with E-state index in [0.717, 1.165) is 44.9 Å². The van der Waals surface area contributed by atoms with Crippen molar-refractivity contribution in [2.75, 3.05) is 0 Å². The van der Waals surface area contributed by atoms with Gasteiger partial charge < -0.3 is 10.2 Å². The predicted octanol–water partition coefficient (Wildman–Crippen LogP) is 3.30. The number of ketones is 1. The van der Waals surface area contributed by atoms with Crippen LogP contribution in [0.15, 0.2) is 0 Å². The maximum Gasteiger partial charge on any atom is 0.152 e. The first-order chi connectivity index (χ1) is 10.8. The fourth-order valence-corrected chi connectivity index (χ4v) is 7.88. The zero-order chi connectivity index (χ0) is 16.6. The number of fused-ring (bicyclic) bond motifs is 5. The highest BCUT2D eigenvalue weighted by atomic mass is 79.9. The summed E-state index contributed by atoms with van der Waals surface area (Å²) in [5, 5.41) is 21.0. The van der Waals surface area contributed by atoms with Crippen molar-refractivity contribution in [2.45, 2.75) is 75.8 Å². The van der Waals surface area contributed by atoms with Crippen LogP contribution in [0.4, 0.5) is 0 Å². The molecule has 0 saturated heterocycles. The molecule has 0 spiro atoms. The van der Waals surface area contributed by atoms with Crippen LogP contribution in [-0.4, -0.2) is 33.0 Å². The lowest BCUT2D eigenvalue weighted by atomic mass is 9.44. The lowest BCUT2D eigenvalue weighted by Crippen LogP contribution is -2.58. The number of hydrogen-bond donors (Lipinski definition) is 2. The van der Waals surface area contributed by atoms with E-state index in [0.29, 0.717) is 23.5 Å². The van der Waals surface area contributed by atoms with Crippen molar-refractivity contribution in [1.29, 1.82) is 0 Å². The first-order valence-corrected chi connectivity index (χ1v) is 10.2. The van der Waals surface area contributed by atoms with Crippen molar-refractivity contribution in [1.82, 2.24) is 0 Å². The smallest absolute Gasteiger partial charge is 0.152 e. The van der Waals surface area contributed by atoms with Crippen molar-refractivity contribution in [3.8, 4) is 0 Å². The zero-order valence-corrected chi connectivity index (χ0v) is 15.8. The molecule has 2 N–H and O–H groups in total. The topological polar surface area (TPSA) is 57.5 Å². The van der Waals surface area contributed by atoms with Gasteiger partial charge in [-0.25, -0.2) is 0 Å². The monoisotopic (exact) mass is 384 g/mol. The molecule has 4 saturated carbocycles. The van der Waals surface area contributed by atoms with Crippen LogP contribution in [-0.2, 0) is 4.79 Å².